The lowest BCUT2D eigenvalue weighted by Gasteiger charge is -2.39. The van der Waals surface area contributed by atoms with Crippen molar-refractivity contribution < 1.29 is 19.8 Å². The van der Waals surface area contributed by atoms with Gasteiger partial charge in [-0.25, -0.2) is 0 Å². The second-order valence-corrected chi connectivity index (χ2v) is 4.74. The second-order valence-electron chi connectivity index (χ2n) is 4.74. The van der Waals surface area contributed by atoms with E-state index in [9.17, 15) is 9.59 Å². The quantitative estimate of drug-likeness (QED) is 0.729. The monoisotopic (exact) mass is 212 g/mol. The minimum Gasteiger partial charge on any atom is -0.481 e. The molecule has 2 unspecified atom stereocenters. The zero-order valence-corrected chi connectivity index (χ0v) is 8.56. The van der Waals surface area contributed by atoms with Crippen LogP contribution in [0.1, 0.15) is 32.1 Å². The highest BCUT2D eigenvalue weighted by Gasteiger charge is 2.48. The predicted molar refractivity (Wildman–Crippen MR) is 52.3 cm³/mol. The number of carboxylic acids is 2. The SMILES string of the molecule is O=C(O)[C@@H]1CCCC2CCC2[C@@H]1C(=O)O. The van der Waals surface area contributed by atoms with Crippen molar-refractivity contribution in [1.29, 1.82) is 0 Å². The van der Waals surface area contributed by atoms with E-state index in [1.165, 1.54) is 0 Å². The largest absolute Gasteiger partial charge is 0.481 e. The van der Waals surface area contributed by atoms with Gasteiger partial charge in [-0.15, -0.1) is 0 Å². The van der Waals surface area contributed by atoms with E-state index in [2.05, 4.69) is 0 Å². The summed E-state index contributed by atoms with van der Waals surface area (Å²) in [5.74, 6) is -2.59. The zero-order chi connectivity index (χ0) is 11.0. The van der Waals surface area contributed by atoms with Crippen LogP contribution in [0.2, 0.25) is 0 Å². The molecule has 2 N–H and O–H groups in total. The third kappa shape index (κ3) is 1.73. The first-order chi connectivity index (χ1) is 7.11. The van der Waals surface area contributed by atoms with E-state index in [0.717, 1.165) is 25.7 Å². The summed E-state index contributed by atoms with van der Waals surface area (Å²) in [4.78, 5) is 22.2. The van der Waals surface area contributed by atoms with E-state index < -0.39 is 23.8 Å². The van der Waals surface area contributed by atoms with E-state index in [0.29, 0.717) is 12.3 Å². The molecule has 2 aliphatic carbocycles. The number of fused-ring (bicyclic) bond motifs is 1. The summed E-state index contributed by atoms with van der Waals surface area (Å²) in [6.07, 6.45) is 4.38. The van der Waals surface area contributed by atoms with Crippen molar-refractivity contribution in [3.05, 3.63) is 0 Å². The molecule has 0 heterocycles. The van der Waals surface area contributed by atoms with Gasteiger partial charge in [0.05, 0.1) is 11.8 Å². The Balaban J connectivity index is 2.21. The molecular formula is C11H16O4. The van der Waals surface area contributed by atoms with Crippen LogP contribution >= 0.6 is 0 Å². The normalized spacial score (nSPS) is 39.7. The summed E-state index contributed by atoms with van der Waals surface area (Å²) in [5, 5.41) is 18.2. The Hall–Kier alpha value is -1.06. The van der Waals surface area contributed by atoms with Crippen LogP contribution in [0.4, 0.5) is 0 Å². The van der Waals surface area contributed by atoms with Gasteiger partial charge in [0.1, 0.15) is 0 Å². The highest BCUT2D eigenvalue weighted by Crippen LogP contribution is 2.48. The van der Waals surface area contributed by atoms with E-state index in [1.54, 1.807) is 0 Å². The molecule has 4 atom stereocenters. The van der Waals surface area contributed by atoms with Crippen LogP contribution in [-0.2, 0) is 9.59 Å². The van der Waals surface area contributed by atoms with Crippen LogP contribution in [0.15, 0.2) is 0 Å². The Morgan fingerprint density at radius 2 is 1.67 bits per heavy atom. The maximum Gasteiger partial charge on any atom is 0.307 e. The minimum absolute atomic E-state index is 0.117. The highest BCUT2D eigenvalue weighted by atomic mass is 16.4. The molecule has 2 aliphatic rings. The predicted octanol–water partition coefficient (Wildman–Crippen LogP) is 1.60. The lowest BCUT2D eigenvalue weighted by Crippen LogP contribution is -2.41. The van der Waals surface area contributed by atoms with Gasteiger partial charge in [0.2, 0.25) is 0 Å². The summed E-state index contributed by atoms with van der Waals surface area (Å²) >= 11 is 0. The molecule has 0 aromatic rings. The molecule has 0 aromatic carbocycles. The summed E-state index contributed by atoms with van der Waals surface area (Å²) in [6, 6.07) is 0. The average molecular weight is 212 g/mol. The molecule has 0 bridgehead atoms. The number of hydrogen-bond acceptors (Lipinski definition) is 2. The Labute approximate surface area is 88.3 Å². The fourth-order valence-corrected chi connectivity index (χ4v) is 3.14. The van der Waals surface area contributed by atoms with Crippen molar-refractivity contribution in [2.75, 3.05) is 0 Å². The van der Waals surface area contributed by atoms with Crippen molar-refractivity contribution in [1.82, 2.24) is 0 Å². The van der Waals surface area contributed by atoms with Gasteiger partial charge in [-0.2, -0.15) is 0 Å². The highest BCUT2D eigenvalue weighted by molar-refractivity contribution is 5.80. The van der Waals surface area contributed by atoms with Gasteiger partial charge >= 0.3 is 11.9 Å². The second kappa shape index (κ2) is 3.83. The molecule has 15 heavy (non-hydrogen) atoms. The fraction of sp³-hybridized carbons (Fsp3) is 0.818. The van der Waals surface area contributed by atoms with Gasteiger partial charge in [0.15, 0.2) is 0 Å². The molecule has 2 rings (SSSR count). The van der Waals surface area contributed by atoms with Gasteiger partial charge in [0, 0.05) is 0 Å². The van der Waals surface area contributed by atoms with Gasteiger partial charge in [-0.05, 0) is 31.1 Å². The van der Waals surface area contributed by atoms with E-state index in [-0.39, 0.29) is 5.92 Å². The van der Waals surface area contributed by atoms with E-state index >= 15 is 0 Å². The first-order valence-corrected chi connectivity index (χ1v) is 5.57. The Bertz CT molecular complexity index is 286. The summed E-state index contributed by atoms with van der Waals surface area (Å²) in [7, 11) is 0. The Morgan fingerprint density at radius 1 is 0.933 bits per heavy atom. The fourth-order valence-electron chi connectivity index (χ4n) is 3.14. The average Bonchev–Trinajstić information content (AvgIpc) is 2.23. The molecule has 0 radical (unpaired) electrons. The van der Waals surface area contributed by atoms with Crippen LogP contribution in [0.25, 0.3) is 0 Å². The van der Waals surface area contributed by atoms with Crippen molar-refractivity contribution in [3.63, 3.8) is 0 Å². The molecule has 2 saturated carbocycles. The lowest BCUT2D eigenvalue weighted by atomic mass is 9.64. The van der Waals surface area contributed by atoms with Crippen LogP contribution in [0.5, 0.6) is 0 Å². The zero-order valence-electron chi connectivity index (χ0n) is 8.56. The molecule has 0 amide bonds. The van der Waals surface area contributed by atoms with Gasteiger partial charge < -0.3 is 10.2 Å². The molecule has 4 heteroatoms. The van der Waals surface area contributed by atoms with E-state index in [4.69, 9.17) is 10.2 Å². The third-order valence-corrected chi connectivity index (χ3v) is 4.06. The van der Waals surface area contributed by atoms with Gasteiger partial charge in [0.25, 0.3) is 0 Å². The number of carbonyl (C=O) groups is 2. The van der Waals surface area contributed by atoms with E-state index in [1.807, 2.05) is 0 Å². The number of carboxylic acid groups (broad SMARTS) is 2. The maximum absolute atomic E-state index is 11.1. The minimum atomic E-state index is -0.935. The number of rotatable bonds is 2. The van der Waals surface area contributed by atoms with Crippen LogP contribution in [0.3, 0.4) is 0 Å². The van der Waals surface area contributed by atoms with Gasteiger partial charge in [-0.3, -0.25) is 9.59 Å². The Kier molecular flexibility index (Phi) is 2.67. The topological polar surface area (TPSA) is 74.6 Å². The first-order valence-electron chi connectivity index (χ1n) is 5.57. The van der Waals surface area contributed by atoms with Gasteiger partial charge in [-0.1, -0.05) is 12.8 Å². The molecule has 84 valence electrons. The van der Waals surface area contributed by atoms with Crippen molar-refractivity contribution >= 4 is 11.9 Å². The lowest BCUT2D eigenvalue weighted by molar-refractivity contribution is -0.158. The molecule has 0 aromatic heterocycles. The third-order valence-electron chi connectivity index (χ3n) is 4.06. The van der Waals surface area contributed by atoms with Crippen molar-refractivity contribution in [2.45, 2.75) is 32.1 Å². The summed E-state index contributed by atoms with van der Waals surface area (Å²) in [5.41, 5.74) is 0. The Morgan fingerprint density at radius 3 is 2.13 bits per heavy atom. The van der Waals surface area contributed by atoms with Crippen molar-refractivity contribution in [3.8, 4) is 0 Å². The molecular weight excluding hydrogens is 196 g/mol. The maximum atomic E-state index is 11.1. The van der Waals surface area contributed by atoms with Crippen LogP contribution in [0, 0.1) is 23.7 Å². The van der Waals surface area contributed by atoms with Crippen LogP contribution in [-0.4, -0.2) is 22.2 Å². The molecule has 0 spiro atoms. The smallest absolute Gasteiger partial charge is 0.307 e. The van der Waals surface area contributed by atoms with Crippen molar-refractivity contribution in [2.24, 2.45) is 23.7 Å². The standard InChI is InChI=1S/C11H16O4/c12-10(13)8-3-1-2-6-4-5-7(6)9(8)11(14)15/h6-9H,1-5H2,(H,12,13)(H,14,15)/t6?,7?,8-,9+/m1/s1. The first kappa shape index (κ1) is 10.5. The summed E-state index contributed by atoms with van der Waals surface area (Å²) in [6.45, 7) is 0. The number of aliphatic carboxylic acids is 2. The molecule has 4 nitrogen and oxygen atoms in total. The van der Waals surface area contributed by atoms with Crippen LogP contribution < -0.4 is 0 Å². The summed E-state index contributed by atoms with van der Waals surface area (Å²) < 4.78 is 0. The molecule has 0 saturated heterocycles. The molecule has 2 fully saturated rings. The molecule has 0 aliphatic heterocycles. The number of hydrogen-bond donors (Lipinski definition) is 2.